The lowest BCUT2D eigenvalue weighted by atomic mass is 9.78. The van der Waals surface area contributed by atoms with E-state index in [1.165, 1.54) is 4.90 Å². The number of likely N-dealkylation sites (N-methyl/N-ethyl adjacent to an activating group) is 1. The summed E-state index contributed by atoms with van der Waals surface area (Å²) < 4.78 is 0. The number of amides is 2. The van der Waals surface area contributed by atoms with Gasteiger partial charge in [-0.05, 0) is 38.6 Å². The van der Waals surface area contributed by atoms with Crippen LogP contribution in [0, 0.1) is 5.92 Å². The van der Waals surface area contributed by atoms with E-state index in [1.807, 2.05) is 43.3 Å². The highest BCUT2D eigenvalue weighted by atomic mass is 16.2. The number of aromatic nitrogens is 1. The topological polar surface area (TPSA) is 56.4 Å². The van der Waals surface area contributed by atoms with Crippen molar-refractivity contribution in [2.45, 2.75) is 18.8 Å². The molecule has 5 nitrogen and oxygen atoms in total. The second-order valence-corrected chi connectivity index (χ2v) is 6.82. The van der Waals surface area contributed by atoms with Crippen molar-refractivity contribution >= 4 is 22.7 Å². The number of para-hydroxylation sites is 1. The molecule has 1 fully saturated rings. The molecule has 2 unspecified atom stereocenters. The Balaban J connectivity index is 1.76. The molecule has 23 heavy (non-hydrogen) atoms. The summed E-state index contributed by atoms with van der Waals surface area (Å²) in [7, 11) is 3.91. The number of aromatic amines is 1. The number of benzene rings is 1. The average Bonchev–Trinajstić information content (AvgIpc) is 3.02. The number of fused-ring (bicyclic) bond motifs is 5. The van der Waals surface area contributed by atoms with E-state index >= 15 is 0 Å². The Morgan fingerprint density at radius 2 is 2.00 bits per heavy atom. The van der Waals surface area contributed by atoms with Gasteiger partial charge < -0.3 is 9.88 Å². The van der Waals surface area contributed by atoms with Crippen molar-refractivity contribution in [3.05, 3.63) is 35.5 Å². The van der Waals surface area contributed by atoms with Gasteiger partial charge in [-0.2, -0.15) is 0 Å². The summed E-state index contributed by atoms with van der Waals surface area (Å²) in [5.41, 5.74) is 3.25. The van der Waals surface area contributed by atoms with E-state index < -0.39 is 0 Å². The molecule has 1 aliphatic carbocycles. The molecule has 5 heteroatoms. The maximum atomic E-state index is 12.9. The van der Waals surface area contributed by atoms with E-state index in [9.17, 15) is 9.59 Å². The monoisotopic (exact) mass is 311 g/mol. The first-order chi connectivity index (χ1) is 11.1. The van der Waals surface area contributed by atoms with Crippen molar-refractivity contribution in [1.82, 2.24) is 14.8 Å². The van der Waals surface area contributed by atoms with Crippen molar-refractivity contribution in [1.29, 1.82) is 0 Å². The number of rotatable bonds is 3. The van der Waals surface area contributed by atoms with Crippen LogP contribution in [-0.4, -0.2) is 53.8 Å². The molecule has 2 aliphatic rings. The highest BCUT2D eigenvalue weighted by Crippen LogP contribution is 2.45. The smallest absolute Gasteiger partial charge is 0.237 e. The number of H-pyrrole nitrogens is 1. The molecule has 0 radical (unpaired) electrons. The predicted molar refractivity (Wildman–Crippen MR) is 88.1 cm³/mol. The van der Waals surface area contributed by atoms with Gasteiger partial charge in [-0.25, -0.2) is 0 Å². The molecule has 1 N–H and O–H groups in total. The van der Waals surface area contributed by atoms with E-state index in [1.54, 1.807) is 0 Å². The van der Waals surface area contributed by atoms with Gasteiger partial charge in [0.2, 0.25) is 11.8 Å². The zero-order valence-corrected chi connectivity index (χ0v) is 13.5. The summed E-state index contributed by atoms with van der Waals surface area (Å²) in [5.74, 6) is -0.494. The van der Waals surface area contributed by atoms with Gasteiger partial charge in [-0.1, -0.05) is 18.2 Å². The number of carbonyl (C=O) groups is 2. The lowest BCUT2D eigenvalue weighted by Crippen LogP contribution is -2.36. The maximum absolute atomic E-state index is 12.9. The van der Waals surface area contributed by atoms with E-state index in [2.05, 4.69) is 4.98 Å². The summed E-state index contributed by atoms with van der Waals surface area (Å²) in [6, 6.07) is 8.07. The molecular formula is C18H21N3O2. The fourth-order valence-corrected chi connectivity index (χ4v) is 4.00. The molecule has 0 saturated carbocycles. The highest BCUT2D eigenvalue weighted by molar-refractivity contribution is 6.10. The minimum atomic E-state index is -0.301. The fraction of sp³-hybridized carbons (Fsp3) is 0.444. The average molecular weight is 311 g/mol. The van der Waals surface area contributed by atoms with Crippen LogP contribution in [0.4, 0.5) is 0 Å². The van der Waals surface area contributed by atoms with Crippen LogP contribution in [0.2, 0.25) is 0 Å². The van der Waals surface area contributed by atoms with Crippen molar-refractivity contribution < 1.29 is 9.59 Å². The fourth-order valence-electron chi connectivity index (χ4n) is 4.00. The number of hydrogen-bond acceptors (Lipinski definition) is 3. The van der Waals surface area contributed by atoms with Gasteiger partial charge in [-0.15, -0.1) is 0 Å². The Hall–Kier alpha value is -2.14. The number of carbonyl (C=O) groups excluding carboxylic acids is 2. The van der Waals surface area contributed by atoms with E-state index in [-0.39, 0.29) is 23.7 Å². The number of nitrogens with one attached hydrogen (secondary N) is 1. The van der Waals surface area contributed by atoms with Crippen LogP contribution in [0.5, 0.6) is 0 Å². The van der Waals surface area contributed by atoms with E-state index in [4.69, 9.17) is 0 Å². The van der Waals surface area contributed by atoms with Crippen LogP contribution in [0.15, 0.2) is 24.3 Å². The second-order valence-electron chi connectivity index (χ2n) is 6.82. The molecule has 2 amide bonds. The van der Waals surface area contributed by atoms with Gasteiger partial charge in [-0.3, -0.25) is 14.5 Å². The Kier molecular flexibility index (Phi) is 3.27. The SMILES string of the molecule is CN(C)CCN1C(=O)C2CCc3[nH]c4ccccc4c3C2C1=O. The van der Waals surface area contributed by atoms with Crippen LogP contribution in [-0.2, 0) is 16.0 Å². The summed E-state index contributed by atoms with van der Waals surface area (Å²) >= 11 is 0. The maximum Gasteiger partial charge on any atom is 0.237 e. The largest absolute Gasteiger partial charge is 0.358 e. The molecule has 0 spiro atoms. The number of imide groups is 1. The molecule has 1 aromatic heterocycles. The van der Waals surface area contributed by atoms with Gasteiger partial charge >= 0.3 is 0 Å². The quantitative estimate of drug-likeness (QED) is 0.879. The summed E-state index contributed by atoms with van der Waals surface area (Å²) in [5, 5.41) is 1.09. The minimum Gasteiger partial charge on any atom is -0.358 e. The van der Waals surface area contributed by atoms with Crippen LogP contribution >= 0.6 is 0 Å². The van der Waals surface area contributed by atoms with Crippen molar-refractivity contribution in [3.8, 4) is 0 Å². The van der Waals surface area contributed by atoms with Crippen LogP contribution in [0.1, 0.15) is 23.6 Å². The lowest BCUT2D eigenvalue weighted by molar-refractivity contribution is -0.139. The van der Waals surface area contributed by atoms with Crippen molar-refractivity contribution in [2.75, 3.05) is 27.2 Å². The van der Waals surface area contributed by atoms with Crippen LogP contribution < -0.4 is 0 Å². The molecule has 1 saturated heterocycles. The van der Waals surface area contributed by atoms with Gasteiger partial charge in [0, 0.05) is 29.7 Å². The summed E-state index contributed by atoms with van der Waals surface area (Å²) in [6.07, 6.45) is 1.60. The zero-order chi connectivity index (χ0) is 16.1. The summed E-state index contributed by atoms with van der Waals surface area (Å²) in [4.78, 5) is 32.6. The molecule has 120 valence electrons. The number of aryl methyl sites for hydroxylation is 1. The molecule has 2 atom stereocenters. The van der Waals surface area contributed by atoms with E-state index in [0.717, 1.165) is 35.0 Å². The lowest BCUT2D eigenvalue weighted by Gasteiger charge is -2.21. The molecule has 0 bridgehead atoms. The third-order valence-corrected chi connectivity index (χ3v) is 5.13. The minimum absolute atomic E-state index is 0.0118. The Labute approximate surface area is 135 Å². The Morgan fingerprint density at radius 1 is 1.22 bits per heavy atom. The van der Waals surface area contributed by atoms with Gasteiger partial charge in [0.25, 0.3) is 0 Å². The first-order valence-electron chi connectivity index (χ1n) is 8.17. The van der Waals surface area contributed by atoms with Crippen LogP contribution in [0.25, 0.3) is 10.9 Å². The Morgan fingerprint density at radius 3 is 2.78 bits per heavy atom. The van der Waals surface area contributed by atoms with Crippen LogP contribution in [0.3, 0.4) is 0 Å². The molecule has 1 aromatic carbocycles. The Bertz CT molecular complexity index is 793. The molecule has 2 heterocycles. The van der Waals surface area contributed by atoms with E-state index in [0.29, 0.717) is 13.1 Å². The number of hydrogen-bond donors (Lipinski definition) is 1. The first kappa shape index (κ1) is 14.5. The highest BCUT2D eigenvalue weighted by Gasteiger charge is 2.51. The van der Waals surface area contributed by atoms with Gasteiger partial charge in [0.15, 0.2) is 0 Å². The standard InChI is InChI=1S/C18H21N3O2/c1-20(2)9-10-21-17(22)12-7-8-14-15(16(12)18(21)23)11-5-3-4-6-13(11)19-14/h3-6,12,16,19H,7-10H2,1-2H3. The summed E-state index contributed by atoms with van der Waals surface area (Å²) in [6.45, 7) is 1.19. The third kappa shape index (κ3) is 2.10. The molecular weight excluding hydrogens is 290 g/mol. The second kappa shape index (κ2) is 5.20. The number of likely N-dealkylation sites (tertiary alicyclic amines) is 1. The predicted octanol–water partition coefficient (Wildman–Crippen LogP) is 1.74. The van der Waals surface area contributed by atoms with Crippen molar-refractivity contribution in [3.63, 3.8) is 0 Å². The number of nitrogens with zero attached hydrogens (tertiary/aromatic N) is 2. The van der Waals surface area contributed by atoms with Gasteiger partial charge in [0.05, 0.1) is 11.8 Å². The normalized spacial score (nSPS) is 23.7. The van der Waals surface area contributed by atoms with Crippen molar-refractivity contribution in [2.24, 2.45) is 5.92 Å². The van der Waals surface area contributed by atoms with Gasteiger partial charge in [0.1, 0.15) is 0 Å². The third-order valence-electron chi connectivity index (χ3n) is 5.13. The molecule has 2 aromatic rings. The molecule has 1 aliphatic heterocycles. The first-order valence-corrected chi connectivity index (χ1v) is 8.17. The zero-order valence-electron chi connectivity index (χ0n) is 13.5. The molecule has 4 rings (SSSR count).